The van der Waals surface area contributed by atoms with E-state index < -0.39 is 0 Å². The van der Waals surface area contributed by atoms with E-state index in [1.807, 2.05) is 35.4 Å². The minimum absolute atomic E-state index is 0. The van der Waals surface area contributed by atoms with E-state index in [1.54, 1.807) is 13.1 Å². The number of carbonyl (C=O) groups is 2. The van der Waals surface area contributed by atoms with Gasteiger partial charge >= 0.3 is 0 Å². The van der Waals surface area contributed by atoms with Crippen LogP contribution in [-0.2, 0) is 9.59 Å². The summed E-state index contributed by atoms with van der Waals surface area (Å²) >= 11 is 0. The predicted molar refractivity (Wildman–Crippen MR) is 119 cm³/mol. The summed E-state index contributed by atoms with van der Waals surface area (Å²) in [6, 6.07) is 8.11. The molecule has 0 saturated carbocycles. The van der Waals surface area contributed by atoms with Crippen LogP contribution in [0.4, 0.5) is 11.5 Å². The molecule has 2 N–H and O–H groups in total. The highest BCUT2D eigenvalue weighted by Gasteiger charge is 2.31. The monoisotopic (exact) mass is 408 g/mol. The summed E-state index contributed by atoms with van der Waals surface area (Å²) in [5.74, 6) is 0.855. The molecule has 0 bridgehead atoms. The Labute approximate surface area is 176 Å². The van der Waals surface area contributed by atoms with Crippen LogP contribution in [0.25, 0.3) is 22.3 Å². The standard InChI is InChI=1S/C22H26N6O2.H2/c1-13-11-27(12-14(2)28(13)16(4)30)21-7-5-6-20(26-21)19-10-24-22-18(19)8-17(9-23-22)25-15(3)29;/h5-10,13-14H,11-12H2,1-4H3,(H,23,24)(H,25,29);1H/t13-,14+;. The zero-order chi connectivity index (χ0) is 21.4. The third kappa shape index (κ3) is 3.72. The molecular formula is C22H28N6O2. The fourth-order valence-corrected chi connectivity index (χ4v) is 4.37. The number of H-pyrrole nitrogens is 1. The van der Waals surface area contributed by atoms with Crippen molar-refractivity contribution in [1.82, 2.24) is 19.9 Å². The molecular weight excluding hydrogens is 380 g/mol. The molecule has 30 heavy (non-hydrogen) atoms. The molecule has 0 aliphatic carbocycles. The number of carbonyl (C=O) groups excluding carboxylic acids is 2. The molecule has 8 nitrogen and oxygen atoms in total. The summed E-state index contributed by atoms with van der Waals surface area (Å²) in [6.07, 6.45) is 3.52. The van der Waals surface area contributed by atoms with Crippen LogP contribution < -0.4 is 10.2 Å². The van der Waals surface area contributed by atoms with Gasteiger partial charge in [0.2, 0.25) is 11.8 Å². The highest BCUT2D eigenvalue weighted by Crippen LogP contribution is 2.30. The number of nitrogens with zero attached hydrogens (tertiary/aromatic N) is 4. The SMILES string of the molecule is CC(=O)Nc1cnc2[nH]cc(-c3cccc(N4C[C@@H](C)N(C(C)=O)[C@@H](C)C4)n3)c2c1.[HH]. The number of aromatic nitrogens is 3. The van der Waals surface area contributed by atoms with E-state index >= 15 is 0 Å². The Balaban J connectivity index is 0.00000272. The number of aromatic amines is 1. The molecule has 4 heterocycles. The molecule has 1 aliphatic rings. The van der Waals surface area contributed by atoms with Gasteiger partial charge in [0.15, 0.2) is 0 Å². The Morgan fingerprint density at radius 2 is 1.93 bits per heavy atom. The predicted octanol–water partition coefficient (Wildman–Crippen LogP) is 3.27. The van der Waals surface area contributed by atoms with Gasteiger partial charge in [0.1, 0.15) is 11.5 Å². The Morgan fingerprint density at radius 3 is 2.60 bits per heavy atom. The number of nitrogens with one attached hydrogen (secondary N) is 2. The van der Waals surface area contributed by atoms with Crippen LogP contribution in [0.2, 0.25) is 0 Å². The number of fused-ring (bicyclic) bond motifs is 1. The second-order valence-corrected chi connectivity index (χ2v) is 7.91. The lowest BCUT2D eigenvalue weighted by molar-refractivity contribution is -0.133. The normalized spacial score (nSPS) is 19.2. The Bertz CT molecular complexity index is 1100. The second kappa shape index (κ2) is 7.78. The van der Waals surface area contributed by atoms with Gasteiger partial charge in [0.05, 0.1) is 17.6 Å². The number of hydrogen-bond donors (Lipinski definition) is 2. The minimum atomic E-state index is -0.138. The van der Waals surface area contributed by atoms with E-state index in [-0.39, 0.29) is 25.3 Å². The summed E-state index contributed by atoms with van der Waals surface area (Å²) in [5.41, 5.74) is 3.14. The van der Waals surface area contributed by atoms with E-state index in [2.05, 4.69) is 34.0 Å². The minimum Gasteiger partial charge on any atom is -0.352 e. The number of hydrogen-bond acceptors (Lipinski definition) is 5. The van der Waals surface area contributed by atoms with Crippen molar-refractivity contribution in [2.75, 3.05) is 23.3 Å². The number of pyridine rings is 2. The first-order valence-electron chi connectivity index (χ1n) is 10.1. The summed E-state index contributed by atoms with van der Waals surface area (Å²) in [4.78, 5) is 40.0. The van der Waals surface area contributed by atoms with E-state index in [0.29, 0.717) is 5.69 Å². The molecule has 0 unspecified atom stereocenters. The molecule has 1 aliphatic heterocycles. The summed E-state index contributed by atoms with van der Waals surface area (Å²) in [6.45, 7) is 8.72. The summed E-state index contributed by atoms with van der Waals surface area (Å²) < 4.78 is 0. The topological polar surface area (TPSA) is 94.2 Å². The second-order valence-electron chi connectivity index (χ2n) is 7.91. The van der Waals surface area contributed by atoms with E-state index in [4.69, 9.17) is 4.98 Å². The third-order valence-electron chi connectivity index (χ3n) is 5.47. The number of piperazine rings is 1. The van der Waals surface area contributed by atoms with Gasteiger partial charge in [-0.2, -0.15) is 0 Å². The van der Waals surface area contributed by atoms with Gasteiger partial charge in [-0.15, -0.1) is 0 Å². The first-order valence-corrected chi connectivity index (χ1v) is 10.1. The van der Waals surface area contributed by atoms with Crippen LogP contribution >= 0.6 is 0 Å². The Morgan fingerprint density at radius 1 is 1.20 bits per heavy atom. The Kier molecular flexibility index (Phi) is 5.15. The maximum absolute atomic E-state index is 11.9. The zero-order valence-corrected chi connectivity index (χ0v) is 17.6. The van der Waals surface area contributed by atoms with Gasteiger partial charge in [-0.3, -0.25) is 9.59 Å². The van der Waals surface area contributed by atoms with Crippen molar-refractivity contribution in [3.8, 4) is 11.3 Å². The lowest BCUT2D eigenvalue weighted by atomic mass is 10.1. The van der Waals surface area contributed by atoms with Crippen LogP contribution in [0.1, 0.15) is 29.1 Å². The van der Waals surface area contributed by atoms with Crippen LogP contribution in [0.5, 0.6) is 0 Å². The highest BCUT2D eigenvalue weighted by atomic mass is 16.2. The van der Waals surface area contributed by atoms with Gasteiger partial charge in [-0.25, -0.2) is 9.97 Å². The smallest absolute Gasteiger partial charge is 0.221 e. The number of amides is 2. The van der Waals surface area contributed by atoms with Crippen molar-refractivity contribution in [2.45, 2.75) is 39.8 Å². The third-order valence-corrected chi connectivity index (χ3v) is 5.47. The lowest BCUT2D eigenvalue weighted by Gasteiger charge is -2.44. The lowest BCUT2D eigenvalue weighted by Crippen LogP contribution is -2.58. The van der Waals surface area contributed by atoms with Gasteiger partial charge in [-0.05, 0) is 32.0 Å². The van der Waals surface area contributed by atoms with E-state index in [1.165, 1.54) is 6.92 Å². The average Bonchev–Trinajstić information content (AvgIpc) is 3.10. The molecule has 1 saturated heterocycles. The van der Waals surface area contributed by atoms with Gasteiger partial charge in [0, 0.05) is 57.6 Å². The molecule has 1 fully saturated rings. The van der Waals surface area contributed by atoms with Crippen LogP contribution in [0.3, 0.4) is 0 Å². The molecule has 3 aromatic heterocycles. The van der Waals surface area contributed by atoms with Gasteiger partial charge in [-0.1, -0.05) is 6.07 Å². The highest BCUT2D eigenvalue weighted by molar-refractivity contribution is 5.97. The molecule has 3 aromatic rings. The number of anilines is 2. The van der Waals surface area contributed by atoms with Crippen molar-refractivity contribution in [1.29, 1.82) is 0 Å². The molecule has 4 rings (SSSR count). The van der Waals surface area contributed by atoms with Crippen molar-refractivity contribution in [3.05, 3.63) is 36.7 Å². The summed E-state index contributed by atoms with van der Waals surface area (Å²) in [7, 11) is 0. The quantitative estimate of drug-likeness (QED) is 0.694. The molecule has 2 amide bonds. The fourth-order valence-electron chi connectivity index (χ4n) is 4.37. The van der Waals surface area contributed by atoms with Gasteiger partial charge in [0.25, 0.3) is 0 Å². The molecule has 158 valence electrons. The van der Waals surface area contributed by atoms with Crippen molar-refractivity contribution >= 4 is 34.4 Å². The van der Waals surface area contributed by atoms with Crippen molar-refractivity contribution in [3.63, 3.8) is 0 Å². The van der Waals surface area contributed by atoms with Crippen molar-refractivity contribution < 1.29 is 11.0 Å². The molecule has 2 atom stereocenters. The zero-order valence-electron chi connectivity index (χ0n) is 17.6. The molecule has 0 spiro atoms. The van der Waals surface area contributed by atoms with Crippen LogP contribution in [0.15, 0.2) is 36.7 Å². The maximum Gasteiger partial charge on any atom is 0.221 e. The fraction of sp³-hybridized carbons (Fsp3) is 0.364. The average molecular weight is 409 g/mol. The first-order chi connectivity index (χ1) is 14.3. The molecule has 8 heteroatoms. The maximum atomic E-state index is 11.9. The van der Waals surface area contributed by atoms with E-state index in [9.17, 15) is 9.59 Å². The molecule has 0 aromatic carbocycles. The first kappa shape index (κ1) is 19.9. The van der Waals surface area contributed by atoms with E-state index in [0.717, 1.165) is 41.2 Å². The number of rotatable bonds is 3. The van der Waals surface area contributed by atoms with Crippen molar-refractivity contribution in [2.24, 2.45) is 0 Å². The summed E-state index contributed by atoms with van der Waals surface area (Å²) in [5, 5.41) is 3.67. The van der Waals surface area contributed by atoms with Gasteiger partial charge < -0.3 is 20.1 Å². The largest absolute Gasteiger partial charge is 0.352 e. The van der Waals surface area contributed by atoms with Crippen LogP contribution in [-0.4, -0.2) is 56.8 Å². The molecule has 0 radical (unpaired) electrons. The Hall–Kier alpha value is -3.42. The van der Waals surface area contributed by atoms with Crippen LogP contribution in [0, 0.1) is 0 Å².